The van der Waals surface area contributed by atoms with Crippen LogP contribution in [0.15, 0.2) is 30.3 Å². The predicted octanol–water partition coefficient (Wildman–Crippen LogP) is 3.06. The molecule has 0 unspecified atom stereocenters. The Bertz CT molecular complexity index is 335. The molecular formula is C13H18N2. The molecule has 2 nitrogen and oxygen atoms in total. The summed E-state index contributed by atoms with van der Waals surface area (Å²) in [5.74, 6) is 0. The topological polar surface area (TPSA) is 27.0 Å². The molecule has 0 radical (unpaired) electrons. The highest BCUT2D eigenvalue weighted by Gasteiger charge is 2.20. The zero-order valence-corrected chi connectivity index (χ0v) is 9.70. The SMILES string of the molecule is CCN(CC(C)(C)C#N)c1ccccc1. The Morgan fingerprint density at radius 3 is 2.33 bits per heavy atom. The molecule has 0 heterocycles. The summed E-state index contributed by atoms with van der Waals surface area (Å²) in [6.45, 7) is 7.75. The molecule has 0 N–H and O–H groups in total. The third kappa shape index (κ3) is 3.28. The number of nitrogens with zero attached hydrogens (tertiary/aromatic N) is 2. The molecule has 0 aliphatic heterocycles. The lowest BCUT2D eigenvalue weighted by molar-refractivity contribution is 0.488. The molecule has 0 aromatic heterocycles. The second-order valence-electron chi connectivity index (χ2n) is 4.35. The summed E-state index contributed by atoms with van der Waals surface area (Å²) in [5.41, 5.74) is 0.884. The molecule has 15 heavy (non-hydrogen) atoms. The van der Waals surface area contributed by atoms with Crippen molar-refractivity contribution >= 4 is 5.69 Å². The van der Waals surface area contributed by atoms with E-state index < -0.39 is 0 Å². The Balaban J connectivity index is 2.79. The molecule has 0 bridgehead atoms. The van der Waals surface area contributed by atoms with E-state index in [1.54, 1.807) is 0 Å². The van der Waals surface area contributed by atoms with Crippen molar-refractivity contribution in [2.75, 3.05) is 18.0 Å². The van der Waals surface area contributed by atoms with Crippen LogP contribution in [-0.2, 0) is 0 Å². The first kappa shape index (κ1) is 11.6. The highest BCUT2D eigenvalue weighted by atomic mass is 15.1. The highest BCUT2D eigenvalue weighted by Crippen LogP contribution is 2.20. The van der Waals surface area contributed by atoms with Gasteiger partial charge in [-0.25, -0.2) is 0 Å². The third-order valence-electron chi connectivity index (χ3n) is 2.39. The lowest BCUT2D eigenvalue weighted by Crippen LogP contribution is -2.33. The fourth-order valence-corrected chi connectivity index (χ4v) is 1.54. The Kier molecular flexibility index (Phi) is 3.74. The Labute approximate surface area is 92.1 Å². The molecule has 0 fully saturated rings. The zero-order chi connectivity index (χ0) is 11.3. The summed E-state index contributed by atoms with van der Waals surface area (Å²) in [6, 6.07) is 12.6. The average Bonchev–Trinajstić information content (AvgIpc) is 2.27. The minimum Gasteiger partial charge on any atom is -0.370 e. The van der Waals surface area contributed by atoms with E-state index >= 15 is 0 Å². The van der Waals surface area contributed by atoms with Gasteiger partial charge in [0.05, 0.1) is 11.5 Å². The summed E-state index contributed by atoms with van der Waals surface area (Å²) in [6.07, 6.45) is 0. The van der Waals surface area contributed by atoms with Gasteiger partial charge in [0.25, 0.3) is 0 Å². The van der Waals surface area contributed by atoms with Crippen molar-refractivity contribution in [3.8, 4) is 6.07 Å². The van der Waals surface area contributed by atoms with Crippen LogP contribution in [0, 0.1) is 16.7 Å². The second-order valence-corrected chi connectivity index (χ2v) is 4.35. The average molecular weight is 202 g/mol. The van der Waals surface area contributed by atoms with Crippen LogP contribution in [0.1, 0.15) is 20.8 Å². The number of anilines is 1. The van der Waals surface area contributed by atoms with Crippen molar-refractivity contribution in [2.45, 2.75) is 20.8 Å². The maximum absolute atomic E-state index is 9.01. The molecule has 1 aromatic rings. The van der Waals surface area contributed by atoms with E-state index in [0.717, 1.165) is 13.1 Å². The molecule has 0 aliphatic rings. The van der Waals surface area contributed by atoms with Crippen LogP contribution < -0.4 is 4.90 Å². The molecular weight excluding hydrogens is 184 g/mol. The Morgan fingerprint density at radius 2 is 1.87 bits per heavy atom. The van der Waals surface area contributed by atoms with Gasteiger partial charge in [0.1, 0.15) is 0 Å². The third-order valence-corrected chi connectivity index (χ3v) is 2.39. The molecule has 0 amide bonds. The summed E-state index contributed by atoms with van der Waals surface area (Å²) in [4.78, 5) is 2.23. The number of nitriles is 1. The van der Waals surface area contributed by atoms with E-state index in [2.05, 4.69) is 30.0 Å². The predicted molar refractivity (Wildman–Crippen MR) is 63.7 cm³/mol. The molecule has 80 valence electrons. The van der Waals surface area contributed by atoms with E-state index in [4.69, 9.17) is 5.26 Å². The van der Waals surface area contributed by atoms with E-state index in [-0.39, 0.29) is 5.41 Å². The van der Waals surface area contributed by atoms with Crippen LogP contribution in [0.3, 0.4) is 0 Å². The van der Waals surface area contributed by atoms with Gasteiger partial charge in [-0.1, -0.05) is 18.2 Å². The van der Waals surface area contributed by atoms with Crippen molar-refractivity contribution in [2.24, 2.45) is 5.41 Å². The van der Waals surface area contributed by atoms with Gasteiger partial charge in [-0.15, -0.1) is 0 Å². The number of benzene rings is 1. The minimum atomic E-state index is -0.300. The monoisotopic (exact) mass is 202 g/mol. The lowest BCUT2D eigenvalue weighted by atomic mass is 9.95. The largest absolute Gasteiger partial charge is 0.370 e. The lowest BCUT2D eigenvalue weighted by Gasteiger charge is -2.29. The first-order valence-corrected chi connectivity index (χ1v) is 5.30. The molecule has 0 saturated carbocycles. The van der Waals surface area contributed by atoms with Crippen LogP contribution in [0.25, 0.3) is 0 Å². The quantitative estimate of drug-likeness (QED) is 0.750. The van der Waals surface area contributed by atoms with Gasteiger partial charge >= 0.3 is 0 Å². The fourth-order valence-electron chi connectivity index (χ4n) is 1.54. The Morgan fingerprint density at radius 1 is 1.27 bits per heavy atom. The van der Waals surface area contributed by atoms with Gasteiger partial charge in [-0.3, -0.25) is 0 Å². The normalized spacial score (nSPS) is 10.8. The van der Waals surface area contributed by atoms with Crippen LogP contribution in [0.2, 0.25) is 0 Å². The standard InChI is InChI=1S/C13H18N2/c1-4-15(11-13(2,3)10-14)12-8-6-5-7-9-12/h5-9H,4,11H2,1-3H3. The van der Waals surface area contributed by atoms with Gasteiger partial charge in [0.15, 0.2) is 0 Å². The van der Waals surface area contributed by atoms with E-state index in [9.17, 15) is 0 Å². The molecule has 2 heteroatoms. The van der Waals surface area contributed by atoms with Crippen molar-refractivity contribution in [1.82, 2.24) is 0 Å². The summed E-state index contributed by atoms with van der Waals surface area (Å²) in [7, 11) is 0. The molecule has 0 saturated heterocycles. The Hall–Kier alpha value is -1.49. The highest BCUT2D eigenvalue weighted by molar-refractivity contribution is 5.46. The number of rotatable bonds is 4. The number of hydrogen-bond acceptors (Lipinski definition) is 2. The van der Waals surface area contributed by atoms with Gasteiger partial charge in [0.2, 0.25) is 0 Å². The summed E-state index contributed by atoms with van der Waals surface area (Å²) >= 11 is 0. The van der Waals surface area contributed by atoms with Gasteiger partial charge in [-0.2, -0.15) is 5.26 Å². The van der Waals surface area contributed by atoms with Crippen molar-refractivity contribution < 1.29 is 0 Å². The first-order valence-electron chi connectivity index (χ1n) is 5.30. The van der Waals surface area contributed by atoms with Crippen molar-refractivity contribution in [3.63, 3.8) is 0 Å². The fraction of sp³-hybridized carbons (Fsp3) is 0.462. The molecule has 0 spiro atoms. The van der Waals surface area contributed by atoms with E-state index in [0.29, 0.717) is 0 Å². The van der Waals surface area contributed by atoms with Gasteiger partial charge in [-0.05, 0) is 32.9 Å². The zero-order valence-electron chi connectivity index (χ0n) is 9.70. The van der Waals surface area contributed by atoms with Crippen LogP contribution >= 0.6 is 0 Å². The van der Waals surface area contributed by atoms with Gasteiger partial charge in [0, 0.05) is 18.8 Å². The van der Waals surface area contributed by atoms with E-state index in [1.807, 2.05) is 32.0 Å². The summed E-state index contributed by atoms with van der Waals surface area (Å²) < 4.78 is 0. The molecule has 0 aliphatic carbocycles. The smallest absolute Gasteiger partial charge is 0.0702 e. The molecule has 1 rings (SSSR count). The molecule has 1 aromatic carbocycles. The minimum absolute atomic E-state index is 0.300. The first-order chi connectivity index (χ1) is 7.09. The molecule has 0 atom stereocenters. The van der Waals surface area contributed by atoms with Gasteiger partial charge < -0.3 is 4.90 Å². The van der Waals surface area contributed by atoms with Crippen LogP contribution in [0.5, 0.6) is 0 Å². The van der Waals surface area contributed by atoms with Crippen LogP contribution in [-0.4, -0.2) is 13.1 Å². The second kappa shape index (κ2) is 4.84. The number of hydrogen-bond donors (Lipinski definition) is 0. The maximum Gasteiger partial charge on any atom is 0.0702 e. The maximum atomic E-state index is 9.01. The van der Waals surface area contributed by atoms with Crippen molar-refractivity contribution in [1.29, 1.82) is 5.26 Å². The van der Waals surface area contributed by atoms with Crippen LogP contribution in [0.4, 0.5) is 5.69 Å². The summed E-state index contributed by atoms with van der Waals surface area (Å²) in [5, 5.41) is 9.01. The number of para-hydroxylation sites is 1. The van der Waals surface area contributed by atoms with Crippen molar-refractivity contribution in [3.05, 3.63) is 30.3 Å². The van der Waals surface area contributed by atoms with E-state index in [1.165, 1.54) is 5.69 Å².